The zero-order valence-electron chi connectivity index (χ0n) is 11.5. The molecule has 0 radical (unpaired) electrons. The van der Waals surface area contributed by atoms with E-state index in [0.29, 0.717) is 11.4 Å². The molecule has 2 aromatic rings. The number of hydrazine groups is 1. The molecule has 0 aliphatic heterocycles. The fourth-order valence-corrected chi connectivity index (χ4v) is 2.48. The summed E-state index contributed by atoms with van der Waals surface area (Å²) in [6.45, 7) is 3.89. The van der Waals surface area contributed by atoms with E-state index in [4.69, 9.17) is 17.4 Å². The molecule has 20 heavy (non-hydrogen) atoms. The van der Waals surface area contributed by atoms with Crippen molar-refractivity contribution in [3.05, 3.63) is 63.7 Å². The largest absolute Gasteiger partial charge is 0.271 e. The topological polar surface area (TPSA) is 50.9 Å². The molecule has 1 aromatic heterocycles. The molecule has 1 atom stereocenters. The Labute approximate surface area is 122 Å². The molecular weight excluding hydrogens is 277 g/mol. The lowest BCUT2D eigenvalue weighted by atomic mass is 9.98. The molecule has 1 unspecified atom stereocenters. The Morgan fingerprint density at radius 2 is 2.05 bits per heavy atom. The van der Waals surface area contributed by atoms with Crippen LogP contribution in [-0.4, -0.2) is 4.98 Å². The molecule has 0 bridgehead atoms. The monoisotopic (exact) mass is 293 g/mol. The second kappa shape index (κ2) is 6.31. The second-order valence-corrected chi connectivity index (χ2v) is 5.19. The fourth-order valence-electron chi connectivity index (χ4n) is 2.23. The average molecular weight is 294 g/mol. The second-order valence-electron chi connectivity index (χ2n) is 4.79. The standard InChI is InChI=1S/C15H17ClFN3/c1-9-3-6-13(10(2)19-9)15(20-18)7-11-4-5-12(17)8-14(11)16/h3-6,8,15,20H,7,18H2,1-2H3. The minimum Gasteiger partial charge on any atom is -0.271 e. The summed E-state index contributed by atoms with van der Waals surface area (Å²) in [5, 5.41) is 0.406. The summed E-state index contributed by atoms with van der Waals surface area (Å²) in [4.78, 5) is 4.43. The number of nitrogens with one attached hydrogen (secondary N) is 1. The van der Waals surface area contributed by atoms with Crippen LogP contribution in [0.2, 0.25) is 5.02 Å². The summed E-state index contributed by atoms with van der Waals surface area (Å²) >= 11 is 6.06. The van der Waals surface area contributed by atoms with Crippen molar-refractivity contribution in [1.82, 2.24) is 10.4 Å². The number of hydrogen-bond acceptors (Lipinski definition) is 3. The first-order valence-electron chi connectivity index (χ1n) is 6.35. The molecule has 0 saturated carbocycles. The first kappa shape index (κ1) is 14.9. The van der Waals surface area contributed by atoms with E-state index >= 15 is 0 Å². The van der Waals surface area contributed by atoms with Crippen LogP contribution in [0.3, 0.4) is 0 Å². The molecule has 0 saturated heterocycles. The van der Waals surface area contributed by atoms with E-state index in [2.05, 4.69) is 10.4 Å². The van der Waals surface area contributed by atoms with Crippen molar-refractivity contribution in [3.8, 4) is 0 Å². The third kappa shape index (κ3) is 3.33. The number of halogens is 2. The maximum absolute atomic E-state index is 13.1. The molecule has 0 fully saturated rings. The minimum absolute atomic E-state index is 0.119. The number of aromatic nitrogens is 1. The molecule has 106 valence electrons. The van der Waals surface area contributed by atoms with E-state index in [1.165, 1.54) is 12.1 Å². The maximum atomic E-state index is 13.1. The normalized spacial score (nSPS) is 12.4. The smallest absolute Gasteiger partial charge is 0.124 e. The molecule has 1 heterocycles. The molecule has 3 N–H and O–H groups in total. The van der Waals surface area contributed by atoms with Gasteiger partial charge in [0, 0.05) is 16.4 Å². The van der Waals surface area contributed by atoms with Gasteiger partial charge in [0.05, 0.1) is 6.04 Å². The highest BCUT2D eigenvalue weighted by Crippen LogP contribution is 2.25. The van der Waals surface area contributed by atoms with Gasteiger partial charge in [-0.3, -0.25) is 16.3 Å². The fraction of sp³-hybridized carbons (Fsp3) is 0.267. The van der Waals surface area contributed by atoms with E-state index in [-0.39, 0.29) is 11.9 Å². The molecule has 0 aliphatic rings. The summed E-state index contributed by atoms with van der Waals surface area (Å²) in [5.74, 6) is 5.30. The van der Waals surface area contributed by atoms with Gasteiger partial charge in [-0.15, -0.1) is 0 Å². The Morgan fingerprint density at radius 3 is 2.65 bits per heavy atom. The van der Waals surface area contributed by atoms with E-state index in [1.807, 2.05) is 26.0 Å². The zero-order chi connectivity index (χ0) is 14.7. The number of aryl methyl sites for hydroxylation is 2. The van der Waals surface area contributed by atoms with Crippen LogP contribution in [0.1, 0.15) is 28.6 Å². The van der Waals surface area contributed by atoms with Gasteiger partial charge in [0.25, 0.3) is 0 Å². The van der Waals surface area contributed by atoms with Crippen molar-refractivity contribution in [1.29, 1.82) is 0 Å². The summed E-state index contributed by atoms with van der Waals surface area (Å²) in [6.07, 6.45) is 0.571. The summed E-state index contributed by atoms with van der Waals surface area (Å²) in [7, 11) is 0. The lowest BCUT2D eigenvalue weighted by Gasteiger charge is -2.19. The predicted molar refractivity (Wildman–Crippen MR) is 78.9 cm³/mol. The van der Waals surface area contributed by atoms with E-state index < -0.39 is 0 Å². The van der Waals surface area contributed by atoms with Gasteiger partial charge in [-0.2, -0.15) is 0 Å². The molecule has 0 spiro atoms. The third-order valence-electron chi connectivity index (χ3n) is 3.28. The number of hydrogen-bond donors (Lipinski definition) is 2. The zero-order valence-corrected chi connectivity index (χ0v) is 12.2. The highest BCUT2D eigenvalue weighted by atomic mass is 35.5. The number of pyridine rings is 1. The maximum Gasteiger partial charge on any atom is 0.124 e. The first-order valence-corrected chi connectivity index (χ1v) is 6.73. The van der Waals surface area contributed by atoms with Crippen LogP contribution in [0.4, 0.5) is 4.39 Å². The van der Waals surface area contributed by atoms with Crippen LogP contribution in [-0.2, 0) is 6.42 Å². The molecule has 5 heteroatoms. The van der Waals surface area contributed by atoms with Gasteiger partial charge in [-0.1, -0.05) is 23.7 Å². The van der Waals surface area contributed by atoms with Crippen molar-refractivity contribution in [2.24, 2.45) is 5.84 Å². The van der Waals surface area contributed by atoms with Crippen molar-refractivity contribution in [2.45, 2.75) is 26.3 Å². The Bertz CT molecular complexity index is 616. The van der Waals surface area contributed by atoms with Gasteiger partial charge in [0.1, 0.15) is 5.82 Å². The number of rotatable bonds is 4. The molecular formula is C15H17ClFN3. The minimum atomic E-state index is -0.343. The lowest BCUT2D eigenvalue weighted by Crippen LogP contribution is -2.30. The van der Waals surface area contributed by atoms with Crippen LogP contribution in [0, 0.1) is 19.7 Å². The van der Waals surface area contributed by atoms with Crippen molar-refractivity contribution >= 4 is 11.6 Å². The van der Waals surface area contributed by atoms with Crippen LogP contribution in [0.15, 0.2) is 30.3 Å². The van der Waals surface area contributed by atoms with Crippen molar-refractivity contribution < 1.29 is 4.39 Å². The van der Waals surface area contributed by atoms with Gasteiger partial charge in [0.15, 0.2) is 0 Å². The Balaban J connectivity index is 2.28. The van der Waals surface area contributed by atoms with Crippen LogP contribution < -0.4 is 11.3 Å². The summed E-state index contributed by atoms with van der Waals surface area (Å²) < 4.78 is 13.1. The first-order chi connectivity index (χ1) is 9.51. The third-order valence-corrected chi connectivity index (χ3v) is 3.63. The van der Waals surface area contributed by atoms with Gasteiger partial charge < -0.3 is 0 Å². The van der Waals surface area contributed by atoms with E-state index in [1.54, 1.807) is 6.07 Å². The molecule has 2 rings (SSSR count). The van der Waals surface area contributed by atoms with Crippen LogP contribution >= 0.6 is 11.6 Å². The lowest BCUT2D eigenvalue weighted by molar-refractivity contribution is 0.545. The predicted octanol–water partition coefficient (Wildman–Crippen LogP) is 3.24. The Morgan fingerprint density at radius 1 is 1.30 bits per heavy atom. The number of nitrogens with zero attached hydrogens (tertiary/aromatic N) is 1. The quantitative estimate of drug-likeness (QED) is 0.672. The van der Waals surface area contributed by atoms with Crippen molar-refractivity contribution in [2.75, 3.05) is 0 Å². The van der Waals surface area contributed by atoms with Gasteiger partial charge >= 0.3 is 0 Å². The summed E-state index contributed by atoms with van der Waals surface area (Å²) in [6, 6.07) is 8.21. The van der Waals surface area contributed by atoms with E-state index in [0.717, 1.165) is 22.5 Å². The van der Waals surface area contributed by atoms with Gasteiger partial charge in [0.2, 0.25) is 0 Å². The average Bonchev–Trinajstić information content (AvgIpc) is 2.39. The number of nitrogens with two attached hydrogens (primary N) is 1. The number of benzene rings is 1. The molecule has 0 amide bonds. The van der Waals surface area contributed by atoms with Gasteiger partial charge in [-0.05, 0) is 49.6 Å². The highest BCUT2D eigenvalue weighted by molar-refractivity contribution is 6.31. The van der Waals surface area contributed by atoms with Crippen molar-refractivity contribution in [3.63, 3.8) is 0 Å². The summed E-state index contributed by atoms with van der Waals surface area (Å²) in [5.41, 5.74) is 6.51. The molecule has 0 aliphatic carbocycles. The SMILES string of the molecule is Cc1ccc(C(Cc2ccc(F)cc2Cl)NN)c(C)n1. The highest BCUT2D eigenvalue weighted by Gasteiger charge is 2.15. The van der Waals surface area contributed by atoms with Crippen LogP contribution in [0.5, 0.6) is 0 Å². The Hall–Kier alpha value is -1.49. The van der Waals surface area contributed by atoms with Gasteiger partial charge in [-0.25, -0.2) is 4.39 Å². The molecule has 3 nitrogen and oxygen atoms in total. The Kier molecular flexibility index (Phi) is 4.70. The van der Waals surface area contributed by atoms with Crippen LogP contribution in [0.25, 0.3) is 0 Å². The van der Waals surface area contributed by atoms with E-state index in [9.17, 15) is 4.39 Å². The molecule has 1 aromatic carbocycles.